The predicted molar refractivity (Wildman–Crippen MR) is 80.8 cm³/mol. The van der Waals surface area contributed by atoms with E-state index in [2.05, 4.69) is 43.4 Å². The molecule has 0 heterocycles. The van der Waals surface area contributed by atoms with Crippen molar-refractivity contribution in [1.29, 1.82) is 0 Å². The summed E-state index contributed by atoms with van der Waals surface area (Å²) in [6.45, 7) is 3.72. The van der Waals surface area contributed by atoms with Gasteiger partial charge in [-0.2, -0.15) is 0 Å². The molecule has 1 rings (SSSR count). The van der Waals surface area contributed by atoms with E-state index < -0.39 is 0 Å². The first-order valence-corrected chi connectivity index (χ1v) is 6.45. The Morgan fingerprint density at radius 1 is 1.42 bits per heavy atom. The van der Waals surface area contributed by atoms with Crippen molar-refractivity contribution in [3.05, 3.63) is 71.3 Å². The summed E-state index contributed by atoms with van der Waals surface area (Å²) in [5.41, 5.74) is 2.50. The summed E-state index contributed by atoms with van der Waals surface area (Å²) in [6.07, 6.45) is 18.4. The van der Waals surface area contributed by atoms with Crippen molar-refractivity contribution in [1.82, 2.24) is 0 Å². The van der Waals surface area contributed by atoms with Crippen LogP contribution in [0.2, 0.25) is 0 Å². The third kappa shape index (κ3) is 5.96. The van der Waals surface area contributed by atoms with Crippen LogP contribution in [0.5, 0.6) is 0 Å². The van der Waals surface area contributed by atoms with Gasteiger partial charge in [-0.05, 0) is 38.3 Å². The summed E-state index contributed by atoms with van der Waals surface area (Å²) in [5.74, 6) is 0.693. The molecule has 0 atom stereocenters. The highest BCUT2D eigenvalue weighted by Crippen LogP contribution is 2.12. The maximum atomic E-state index is 9.29. The average molecular weight is 258 g/mol. The van der Waals surface area contributed by atoms with Gasteiger partial charge in [0.1, 0.15) is 5.76 Å². The lowest BCUT2D eigenvalue weighted by Gasteiger charge is -2.00. The molecule has 19 heavy (non-hydrogen) atoms. The SMILES string of the molecule is COC(/C=C\C/C=C/C1=CC(C)=CCC=C1)=C(/C)O. The molecule has 1 aliphatic rings. The van der Waals surface area contributed by atoms with Gasteiger partial charge >= 0.3 is 0 Å². The molecule has 0 aliphatic heterocycles. The largest absolute Gasteiger partial charge is 0.509 e. The maximum Gasteiger partial charge on any atom is 0.155 e. The number of ether oxygens (including phenoxy) is 1. The monoisotopic (exact) mass is 258 g/mol. The molecule has 0 aromatic rings. The lowest BCUT2D eigenvalue weighted by atomic mass is 10.1. The zero-order valence-corrected chi connectivity index (χ0v) is 11.9. The van der Waals surface area contributed by atoms with Crippen LogP contribution in [0.25, 0.3) is 0 Å². The van der Waals surface area contributed by atoms with Gasteiger partial charge < -0.3 is 9.84 Å². The number of aliphatic hydroxyl groups is 1. The fourth-order valence-corrected chi connectivity index (χ4v) is 1.73. The number of hydrogen-bond acceptors (Lipinski definition) is 2. The van der Waals surface area contributed by atoms with Crippen molar-refractivity contribution >= 4 is 0 Å². The van der Waals surface area contributed by atoms with Gasteiger partial charge in [0.05, 0.1) is 7.11 Å². The van der Waals surface area contributed by atoms with Crippen molar-refractivity contribution in [2.24, 2.45) is 0 Å². The van der Waals surface area contributed by atoms with Crippen LogP contribution in [0.15, 0.2) is 71.3 Å². The maximum absolute atomic E-state index is 9.29. The highest BCUT2D eigenvalue weighted by Gasteiger charge is 1.94. The predicted octanol–water partition coefficient (Wildman–Crippen LogP) is 4.76. The van der Waals surface area contributed by atoms with Crippen molar-refractivity contribution < 1.29 is 9.84 Å². The van der Waals surface area contributed by atoms with E-state index in [0.29, 0.717) is 5.76 Å². The first-order valence-electron chi connectivity index (χ1n) is 6.45. The van der Waals surface area contributed by atoms with Crippen LogP contribution >= 0.6 is 0 Å². The molecule has 1 aliphatic carbocycles. The minimum absolute atomic E-state index is 0.193. The fourth-order valence-electron chi connectivity index (χ4n) is 1.73. The second-order valence-electron chi connectivity index (χ2n) is 4.42. The highest BCUT2D eigenvalue weighted by atomic mass is 16.5. The number of allylic oxidation sites excluding steroid dienone is 11. The van der Waals surface area contributed by atoms with E-state index in [9.17, 15) is 5.11 Å². The van der Waals surface area contributed by atoms with Crippen LogP contribution < -0.4 is 0 Å². The lowest BCUT2D eigenvalue weighted by molar-refractivity contribution is 0.269. The van der Waals surface area contributed by atoms with Crippen molar-refractivity contribution in [2.45, 2.75) is 26.7 Å². The summed E-state index contributed by atoms with van der Waals surface area (Å²) >= 11 is 0. The normalized spacial score (nSPS) is 17.2. The summed E-state index contributed by atoms with van der Waals surface area (Å²) in [7, 11) is 1.55. The third-order valence-electron chi connectivity index (χ3n) is 2.71. The Kier molecular flexibility index (Phi) is 6.51. The standard InChI is InChI=1S/C17H22O2/c1-14-9-7-8-11-16(13-14)10-5-4-6-12-17(19-3)15(2)18/h5-6,8-13,18H,4,7H2,1-3H3/b10-5+,12-6-,17-15-. The number of aliphatic hydroxyl groups excluding tert-OH is 1. The van der Waals surface area contributed by atoms with Gasteiger partial charge in [0.15, 0.2) is 5.76 Å². The van der Waals surface area contributed by atoms with Gasteiger partial charge in [-0.15, -0.1) is 0 Å². The van der Waals surface area contributed by atoms with Crippen LogP contribution in [0.3, 0.4) is 0 Å². The minimum Gasteiger partial charge on any atom is -0.509 e. The van der Waals surface area contributed by atoms with Crippen LogP contribution in [-0.2, 0) is 4.74 Å². The van der Waals surface area contributed by atoms with E-state index in [1.165, 1.54) is 11.1 Å². The van der Waals surface area contributed by atoms with Gasteiger partial charge in [0, 0.05) is 0 Å². The number of methoxy groups -OCH3 is 1. The zero-order valence-electron chi connectivity index (χ0n) is 11.9. The summed E-state index contributed by atoms with van der Waals surface area (Å²) in [4.78, 5) is 0. The van der Waals surface area contributed by atoms with Crippen LogP contribution in [0.1, 0.15) is 26.7 Å². The van der Waals surface area contributed by atoms with E-state index in [4.69, 9.17) is 4.74 Å². The van der Waals surface area contributed by atoms with Crippen molar-refractivity contribution in [3.63, 3.8) is 0 Å². The first kappa shape index (κ1) is 15.1. The molecule has 0 aromatic heterocycles. The molecule has 0 bridgehead atoms. The van der Waals surface area contributed by atoms with E-state index in [0.717, 1.165) is 12.8 Å². The molecule has 0 aromatic carbocycles. The number of rotatable bonds is 5. The Labute approximate surface area is 115 Å². The minimum atomic E-state index is 0.193. The van der Waals surface area contributed by atoms with Crippen LogP contribution in [-0.4, -0.2) is 12.2 Å². The quantitative estimate of drug-likeness (QED) is 0.569. The molecule has 0 saturated carbocycles. The molecule has 0 spiro atoms. The third-order valence-corrected chi connectivity index (χ3v) is 2.71. The fraction of sp³-hybridized carbons (Fsp3) is 0.294. The van der Waals surface area contributed by atoms with Crippen molar-refractivity contribution in [2.75, 3.05) is 7.11 Å². The summed E-state index contributed by atoms with van der Waals surface area (Å²) < 4.78 is 5.03. The van der Waals surface area contributed by atoms with Gasteiger partial charge in [-0.25, -0.2) is 0 Å². The van der Waals surface area contributed by atoms with Gasteiger partial charge in [0.25, 0.3) is 0 Å². The smallest absolute Gasteiger partial charge is 0.155 e. The molecule has 0 unspecified atom stereocenters. The summed E-state index contributed by atoms with van der Waals surface area (Å²) in [5, 5.41) is 9.29. The Morgan fingerprint density at radius 2 is 2.21 bits per heavy atom. The molecule has 0 radical (unpaired) electrons. The van der Waals surface area contributed by atoms with Gasteiger partial charge in [-0.3, -0.25) is 0 Å². The Balaban J connectivity index is 2.53. The van der Waals surface area contributed by atoms with Crippen molar-refractivity contribution in [3.8, 4) is 0 Å². The van der Waals surface area contributed by atoms with E-state index in [1.807, 2.05) is 6.08 Å². The Morgan fingerprint density at radius 3 is 2.89 bits per heavy atom. The number of hydrogen-bond donors (Lipinski definition) is 1. The highest BCUT2D eigenvalue weighted by molar-refractivity contribution is 5.39. The average Bonchev–Trinajstić information content (AvgIpc) is 2.57. The molecule has 2 heteroatoms. The lowest BCUT2D eigenvalue weighted by Crippen LogP contribution is -1.86. The molecular weight excluding hydrogens is 236 g/mol. The molecule has 0 fully saturated rings. The van der Waals surface area contributed by atoms with E-state index in [-0.39, 0.29) is 5.76 Å². The van der Waals surface area contributed by atoms with Crippen LogP contribution in [0, 0.1) is 0 Å². The second kappa shape index (κ2) is 8.20. The first-order chi connectivity index (χ1) is 9.13. The van der Waals surface area contributed by atoms with Crippen LogP contribution in [0.4, 0.5) is 0 Å². The molecule has 2 nitrogen and oxygen atoms in total. The molecule has 0 saturated heterocycles. The van der Waals surface area contributed by atoms with Gasteiger partial charge in [0.2, 0.25) is 0 Å². The second-order valence-corrected chi connectivity index (χ2v) is 4.42. The van der Waals surface area contributed by atoms with E-state index in [1.54, 1.807) is 20.1 Å². The zero-order chi connectivity index (χ0) is 14.1. The molecule has 1 N–H and O–H groups in total. The topological polar surface area (TPSA) is 29.5 Å². The molecule has 0 amide bonds. The van der Waals surface area contributed by atoms with E-state index >= 15 is 0 Å². The Bertz CT molecular complexity index is 467. The van der Waals surface area contributed by atoms with Gasteiger partial charge in [-0.1, -0.05) is 48.1 Å². The molecular formula is C17H22O2. The Hall–Kier alpha value is -1.96. The molecule has 102 valence electrons. The summed E-state index contributed by atoms with van der Waals surface area (Å²) in [6, 6.07) is 0.